The van der Waals surface area contributed by atoms with E-state index in [1.807, 2.05) is 45.0 Å². The first kappa shape index (κ1) is 17.9. The average molecular weight is 351 g/mol. The van der Waals surface area contributed by atoms with Crippen molar-refractivity contribution in [3.05, 3.63) is 82.3 Å². The number of nitrogens with one attached hydrogen (secondary N) is 1. The topological polar surface area (TPSA) is 47.0 Å². The van der Waals surface area contributed by atoms with Crippen LogP contribution in [0.3, 0.4) is 0 Å². The lowest BCUT2D eigenvalue weighted by molar-refractivity contribution is 0.280. The molecule has 26 heavy (non-hydrogen) atoms. The minimum Gasteiger partial charge on any atom is -0.459 e. The Morgan fingerprint density at radius 2 is 1.73 bits per heavy atom. The van der Waals surface area contributed by atoms with Gasteiger partial charge in [0, 0.05) is 6.54 Å². The summed E-state index contributed by atoms with van der Waals surface area (Å²) in [6, 6.07) is 14.3. The number of anilines is 1. The molecule has 0 spiro atoms. The van der Waals surface area contributed by atoms with Crippen LogP contribution in [0, 0.1) is 26.6 Å². The molecule has 0 aliphatic rings. The molecule has 0 atom stereocenters. The highest BCUT2D eigenvalue weighted by atomic mass is 19.1. The Bertz CT molecular complexity index is 894. The molecule has 0 radical (unpaired) electrons. The van der Waals surface area contributed by atoms with Crippen molar-refractivity contribution in [2.45, 2.75) is 33.9 Å². The standard InChI is InChI=1S/C21H22FN3O/c1-14-5-8-17(9-6-14)13-26-21-24-12-19(22)20(25-21)23-11-18-10-15(2)4-7-16(18)3/h4-10,12H,11,13H2,1-3H3,(H,23,24,25). The molecule has 2 aromatic carbocycles. The van der Waals surface area contributed by atoms with Crippen LogP contribution in [-0.4, -0.2) is 9.97 Å². The quantitative estimate of drug-likeness (QED) is 0.697. The Hall–Kier alpha value is -2.95. The van der Waals surface area contributed by atoms with Crippen LogP contribution < -0.4 is 10.1 Å². The summed E-state index contributed by atoms with van der Waals surface area (Å²) in [5, 5.41) is 3.04. The van der Waals surface area contributed by atoms with Crippen molar-refractivity contribution in [2.24, 2.45) is 0 Å². The molecule has 0 fully saturated rings. The summed E-state index contributed by atoms with van der Waals surface area (Å²) >= 11 is 0. The summed E-state index contributed by atoms with van der Waals surface area (Å²) < 4.78 is 19.6. The first-order chi connectivity index (χ1) is 12.5. The van der Waals surface area contributed by atoms with Crippen LogP contribution in [0.15, 0.2) is 48.7 Å². The molecular formula is C21H22FN3O. The van der Waals surface area contributed by atoms with Gasteiger partial charge in [0.05, 0.1) is 6.20 Å². The van der Waals surface area contributed by atoms with Crippen LogP contribution in [0.5, 0.6) is 6.01 Å². The number of aromatic nitrogens is 2. The summed E-state index contributed by atoms with van der Waals surface area (Å²) in [6.07, 6.45) is 1.13. The van der Waals surface area contributed by atoms with E-state index in [1.165, 1.54) is 5.56 Å². The number of rotatable bonds is 6. The third kappa shape index (κ3) is 4.57. The number of halogens is 1. The number of benzene rings is 2. The molecule has 0 saturated carbocycles. The Morgan fingerprint density at radius 3 is 2.50 bits per heavy atom. The monoisotopic (exact) mass is 351 g/mol. The van der Waals surface area contributed by atoms with Crippen molar-refractivity contribution >= 4 is 5.82 Å². The van der Waals surface area contributed by atoms with Gasteiger partial charge in [-0.25, -0.2) is 9.37 Å². The van der Waals surface area contributed by atoms with Gasteiger partial charge in [-0.3, -0.25) is 0 Å². The van der Waals surface area contributed by atoms with Crippen molar-refractivity contribution in [1.82, 2.24) is 9.97 Å². The minimum atomic E-state index is -0.502. The second-order valence-corrected chi connectivity index (χ2v) is 6.41. The third-order valence-corrected chi connectivity index (χ3v) is 4.16. The maximum Gasteiger partial charge on any atom is 0.318 e. The SMILES string of the molecule is Cc1ccc(COc2ncc(F)c(NCc3cc(C)ccc3C)n2)cc1. The zero-order valence-electron chi connectivity index (χ0n) is 15.2. The molecular weight excluding hydrogens is 329 g/mol. The minimum absolute atomic E-state index is 0.139. The fourth-order valence-electron chi connectivity index (χ4n) is 2.55. The molecule has 134 valence electrons. The largest absolute Gasteiger partial charge is 0.459 e. The maximum absolute atomic E-state index is 14.0. The lowest BCUT2D eigenvalue weighted by atomic mass is 10.1. The van der Waals surface area contributed by atoms with Gasteiger partial charge < -0.3 is 10.1 Å². The van der Waals surface area contributed by atoms with Gasteiger partial charge in [-0.2, -0.15) is 4.98 Å². The molecule has 0 aliphatic heterocycles. The van der Waals surface area contributed by atoms with E-state index in [0.29, 0.717) is 13.2 Å². The molecule has 1 N–H and O–H groups in total. The van der Waals surface area contributed by atoms with Crippen molar-refractivity contribution in [1.29, 1.82) is 0 Å². The molecule has 3 aromatic rings. The van der Waals surface area contributed by atoms with Crippen LogP contribution in [-0.2, 0) is 13.2 Å². The number of hydrogen-bond acceptors (Lipinski definition) is 4. The molecule has 1 heterocycles. The highest BCUT2D eigenvalue weighted by Gasteiger charge is 2.09. The van der Waals surface area contributed by atoms with Gasteiger partial charge in [-0.05, 0) is 37.5 Å². The average Bonchev–Trinajstić information content (AvgIpc) is 2.64. The Morgan fingerprint density at radius 1 is 1.00 bits per heavy atom. The number of ether oxygens (including phenoxy) is 1. The van der Waals surface area contributed by atoms with E-state index < -0.39 is 5.82 Å². The van der Waals surface area contributed by atoms with Gasteiger partial charge in [0.25, 0.3) is 0 Å². The first-order valence-corrected chi connectivity index (χ1v) is 8.52. The van der Waals surface area contributed by atoms with Crippen molar-refractivity contribution < 1.29 is 9.13 Å². The van der Waals surface area contributed by atoms with E-state index in [9.17, 15) is 4.39 Å². The van der Waals surface area contributed by atoms with Crippen molar-refractivity contribution in [2.75, 3.05) is 5.32 Å². The summed E-state index contributed by atoms with van der Waals surface area (Å²) in [5.41, 5.74) is 5.61. The van der Waals surface area contributed by atoms with Crippen LogP contribution in [0.25, 0.3) is 0 Å². The summed E-state index contributed by atoms with van der Waals surface area (Å²) in [6.45, 7) is 6.91. The fraction of sp³-hybridized carbons (Fsp3) is 0.238. The van der Waals surface area contributed by atoms with Gasteiger partial charge in [-0.15, -0.1) is 0 Å². The van der Waals surface area contributed by atoms with E-state index in [4.69, 9.17) is 4.74 Å². The van der Waals surface area contributed by atoms with E-state index in [0.717, 1.165) is 28.5 Å². The Labute approximate surface area is 153 Å². The van der Waals surface area contributed by atoms with Gasteiger partial charge in [0.1, 0.15) is 6.61 Å². The summed E-state index contributed by atoms with van der Waals surface area (Å²) in [4.78, 5) is 8.06. The molecule has 5 heteroatoms. The maximum atomic E-state index is 14.0. The van der Waals surface area contributed by atoms with E-state index in [1.54, 1.807) is 0 Å². The third-order valence-electron chi connectivity index (χ3n) is 4.16. The lowest BCUT2D eigenvalue weighted by Crippen LogP contribution is -2.08. The number of aryl methyl sites for hydroxylation is 3. The van der Waals surface area contributed by atoms with E-state index in [2.05, 4.69) is 33.5 Å². The smallest absolute Gasteiger partial charge is 0.318 e. The summed E-state index contributed by atoms with van der Waals surface area (Å²) in [5.74, 6) is -0.363. The zero-order chi connectivity index (χ0) is 18.5. The van der Waals surface area contributed by atoms with Crippen molar-refractivity contribution in [3.8, 4) is 6.01 Å². The molecule has 0 aliphatic carbocycles. The van der Waals surface area contributed by atoms with Gasteiger partial charge >= 0.3 is 6.01 Å². The molecule has 0 amide bonds. The number of hydrogen-bond donors (Lipinski definition) is 1. The van der Waals surface area contributed by atoms with E-state index in [-0.39, 0.29) is 11.8 Å². The van der Waals surface area contributed by atoms with E-state index >= 15 is 0 Å². The second-order valence-electron chi connectivity index (χ2n) is 6.41. The second kappa shape index (κ2) is 7.95. The van der Waals surface area contributed by atoms with Crippen LogP contribution >= 0.6 is 0 Å². The predicted octanol–water partition coefficient (Wildman–Crippen LogP) is 4.73. The van der Waals surface area contributed by atoms with Gasteiger partial charge in [0.2, 0.25) is 0 Å². The molecule has 1 aromatic heterocycles. The first-order valence-electron chi connectivity index (χ1n) is 8.52. The highest BCUT2D eigenvalue weighted by molar-refractivity contribution is 5.39. The van der Waals surface area contributed by atoms with Gasteiger partial charge in [0.15, 0.2) is 11.6 Å². The number of nitrogens with zero attached hydrogens (tertiary/aromatic N) is 2. The van der Waals surface area contributed by atoms with Crippen molar-refractivity contribution in [3.63, 3.8) is 0 Å². The Kier molecular flexibility index (Phi) is 5.46. The zero-order valence-corrected chi connectivity index (χ0v) is 15.2. The normalized spacial score (nSPS) is 10.6. The molecule has 0 saturated heterocycles. The molecule has 0 bridgehead atoms. The molecule has 3 rings (SSSR count). The van der Waals surface area contributed by atoms with Gasteiger partial charge in [-0.1, -0.05) is 53.6 Å². The fourth-order valence-corrected chi connectivity index (χ4v) is 2.55. The predicted molar refractivity (Wildman–Crippen MR) is 101 cm³/mol. The Balaban J connectivity index is 1.67. The highest BCUT2D eigenvalue weighted by Crippen LogP contribution is 2.17. The van der Waals surface area contributed by atoms with Crippen LogP contribution in [0.4, 0.5) is 10.2 Å². The van der Waals surface area contributed by atoms with Crippen LogP contribution in [0.1, 0.15) is 27.8 Å². The lowest BCUT2D eigenvalue weighted by Gasteiger charge is -2.11. The molecule has 4 nitrogen and oxygen atoms in total. The van der Waals surface area contributed by atoms with Crippen LogP contribution in [0.2, 0.25) is 0 Å². The summed E-state index contributed by atoms with van der Waals surface area (Å²) in [7, 11) is 0. The molecule has 0 unspecified atom stereocenters.